The Labute approximate surface area is 58.8 Å². The van der Waals surface area contributed by atoms with E-state index in [2.05, 4.69) is 28.2 Å². The van der Waals surface area contributed by atoms with E-state index in [0.717, 1.165) is 0 Å². The summed E-state index contributed by atoms with van der Waals surface area (Å²) in [4.78, 5) is 0. The molecule has 1 aliphatic rings. The van der Waals surface area contributed by atoms with Gasteiger partial charge in [0, 0.05) is 18.3 Å². The summed E-state index contributed by atoms with van der Waals surface area (Å²) in [5.74, 6) is 7.70. The number of hydrazine groups is 1. The van der Waals surface area contributed by atoms with Crippen LogP contribution in [0.5, 0.6) is 0 Å². The second kappa shape index (κ2) is 2.91. The monoisotopic (exact) mass is 139 g/mol. The maximum absolute atomic E-state index is 5.39. The highest BCUT2D eigenvalue weighted by Gasteiger charge is 2.11. The predicted molar refractivity (Wildman–Crippen MR) is 38.3 cm³/mol. The lowest BCUT2D eigenvalue weighted by Gasteiger charge is -2.19. The standard InChI is InChI=1S/C5H9N5/c1-2-9-10(6)5-7-3-4-8-5/h3-5,7-8H,1,6H2. The maximum Gasteiger partial charge on any atom is 0.207 e. The van der Waals surface area contributed by atoms with E-state index in [1.807, 2.05) is 0 Å². The summed E-state index contributed by atoms with van der Waals surface area (Å²) < 4.78 is 0. The number of hydrazone groups is 1. The molecule has 10 heavy (non-hydrogen) atoms. The molecule has 0 saturated heterocycles. The fourth-order valence-corrected chi connectivity index (χ4v) is 0.619. The number of hydrogen-bond acceptors (Lipinski definition) is 5. The lowest BCUT2D eigenvalue weighted by Crippen LogP contribution is -2.49. The molecule has 5 heteroatoms. The highest BCUT2D eigenvalue weighted by molar-refractivity contribution is 5.45. The third kappa shape index (κ3) is 1.28. The van der Waals surface area contributed by atoms with Gasteiger partial charge in [-0.05, 0) is 6.58 Å². The minimum absolute atomic E-state index is 0.186. The summed E-state index contributed by atoms with van der Waals surface area (Å²) in [5, 5.41) is 10.6. The highest BCUT2D eigenvalue weighted by atomic mass is 15.7. The zero-order valence-electron chi connectivity index (χ0n) is 5.41. The molecule has 1 aliphatic heterocycles. The Balaban J connectivity index is 2.41. The molecule has 5 nitrogen and oxygen atoms in total. The lowest BCUT2D eigenvalue weighted by atomic mass is 10.8. The number of nitrogens with two attached hydrogens (primary N) is 1. The van der Waals surface area contributed by atoms with Crippen LogP contribution in [0.1, 0.15) is 0 Å². The quantitative estimate of drug-likeness (QED) is 0.257. The Bertz CT molecular complexity index is 172. The number of hydrogen-bond donors (Lipinski definition) is 3. The van der Waals surface area contributed by atoms with Crippen molar-refractivity contribution in [2.24, 2.45) is 10.9 Å². The van der Waals surface area contributed by atoms with Gasteiger partial charge in [0.05, 0.1) is 0 Å². The summed E-state index contributed by atoms with van der Waals surface area (Å²) in [7, 11) is 0. The zero-order chi connectivity index (χ0) is 7.40. The van der Waals surface area contributed by atoms with Gasteiger partial charge in [0.25, 0.3) is 0 Å². The lowest BCUT2D eigenvalue weighted by molar-refractivity contribution is 0.181. The Morgan fingerprint density at radius 2 is 2.20 bits per heavy atom. The van der Waals surface area contributed by atoms with Crippen molar-refractivity contribution in [1.82, 2.24) is 15.8 Å². The minimum Gasteiger partial charge on any atom is -0.351 e. The Morgan fingerprint density at radius 3 is 2.70 bits per heavy atom. The molecule has 4 N–H and O–H groups in total. The fourth-order valence-electron chi connectivity index (χ4n) is 0.619. The molecule has 0 radical (unpaired) electrons. The van der Waals surface area contributed by atoms with Crippen molar-refractivity contribution in [3.05, 3.63) is 19.0 Å². The molecule has 1 rings (SSSR count). The topological polar surface area (TPSA) is 65.7 Å². The molecule has 0 aromatic heterocycles. The fraction of sp³-hybridized carbons (Fsp3) is 0.200. The van der Waals surface area contributed by atoms with Gasteiger partial charge in [-0.3, -0.25) is 0 Å². The summed E-state index contributed by atoms with van der Waals surface area (Å²) in [6.45, 7) is 3.28. The molecule has 0 spiro atoms. The van der Waals surface area contributed by atoms with Crippen LogP contribution in [0.4, 0.5) is 0 Å². The third-order valence-electron chi connectivity index (χ3n) is 1.04. The van der Waals surface area contributed by atoms with Crippen molar-refractivity contribution in [1.29, 1.82) is 0 Å². The Hall–Kier alpha value is -1.45. The second-order valence-corrected chi connectivity index (χ2v) is 1.71. The summed E-state index contributed by atoms with van der Waals surface area (Å²) >= 11 is 0. The average Bonchev–Trinajstić information content (AvgIpc) is 2.38. The van der Waals surface area contributed by atoms with Crippen molar-refractivity contribution >= 4 is 5.87 Å². The van der Waals surface area contributed by atoms with Gasteiger partial charge in [0.15, 0.2) is 0 Å². The van der Waals surface area contributed by atoms with Crippen LogP contribution in [0.2, 0.25) is 0 Å². The normalized spacial score (nSPS) is 15.3. The van der Waals surface area contributed by atoms with E-state index in [1.165, 1.54) is 5.12 Å². The van der Waals surface area contributed by atoms with E-state index in [4.69, 9.17) is 5.84 Å². The molecule has 0 amide bonds. The summed E-state index contributed by atoms with van der Waals surface area (Å²) in [5.41, 5.74) is 0. The van der Waals surface area contributed by atoms with Crippen LogP contribution in [0, 0.1) is 0 Å². The molecule has 0 saturated carbocycles. The van der Waals surface area contributed by atoms with Gasteiger partial charge in [-0.1, -0.05) is 0 Å². The molecule has 0 aromatic carbocycles. The minimum atomic E-state index is -0.186. The van der Waals surface area contributed by atoms with Crippen molar-refractivity contribution in [2.75, 3.05) is 0 Å². The van der Waals surface area contributed by atoms with E-state index in [0.29, 0.717) is 0 Å². The molecule has 0 fully saturated rings. The molecule has 0 aliphatic carbocycles. The van der Waals surface area contributed by atoms with Crippen LogP contribution in [0.25, 0.3) is 0 Å². The second-order valence-electron chi connectivity index (χ2n) is 1.71. The van der Waals surface area contributed by atoms with Gasteiger partial charge in [-0.15, -0.1) is 5.10 Å². The molecular weight excluding hydrogens is 130 g/mol. The molecule has 0 unspecified atom stereocenters. The van der Waals surface area contributed by atoms with Gasteiger partial charge in [0.1, 0.15) is 0 Å². The molecule has 0 atom stereocenters. The molecule has 1 heterocycles. The third-order valence-corrected chi connectivity index (χ3v) is 1.04. The number of rotatable bonds is 2. The SMILES string of the molecule is C=C=NN(N)C1NC=CN1. The van der Waals surface area contributed by atoms with Gasteiger partial charge < -0.3 is 10.6 Å². The largest absolute Gasteiger partial charge is 0.351 e. The summed E-state index contributed by atoms with van der Waals surface area (Å²) in [6, 6.07) is 0. The first-order chi connectivity index (χ1) is 4.84. The van der Waals surface area contributed by atoms with Gasteiger partial charge in [0.2, 0.25) is 6.29 Å². The smallest absolute Gasteiger partial charge is 0.207 e. The number of nitrogens with one attached hydrogen (secondary N) is 2. The predicted octanol–water partition coefficient (Wildman–Crippen LogP) is -1.12. The van der Waals surface area contributed by atoms with Crippen LogP contribution in [-0.2, 0) is 0 Å². The van der Waals surface area contributed by atoms with E-state index >= 15 is 0 Å². The zero-order valence-corrected chi connectivity index (χ0v) is 5.41. The highest BCUT2D eigenvalue weighted by Crippen LogP contribution is 1.89. The first-order valence-corrected chi connectivity index (χ1v) is 2.78. The van der Waals surface area contributed by atoms with Crippen molar-refractivity contribution < 1.29 is 0 Å². The molecule has 0 bridgehead atoms. The Kier molecular flexibility index (Phi) is 1.94. The van der Waals surface area contributed by atoms with Crippen LogP contribution in [0.15, 0.2) is 24.1 Å². The maximum atomic E-state index is 5.39. The van der Waals surface area contributed by atoms with Crippen LogP contribution < -0.4 is 16.5 Å². The first-order valence-electron chi connectivity index (χ1n) is 2.78. The molecule has 54 valence electrons. The molecular formula is C5H9N5. The van der Waals surface area contributed by atoms with Crippen LogP contribution in [0.3, 0.4) is 0 Å². The van der Waals surface area contributed by atoms with Crippen molar-refractivity contribution in [2.45, 2.75) is 6.29 Å². The van der Waals surface area contributed by atoms with Crippen molar-refractivity contribution in [3.63, 3.8) is 0 Å². The van der Waals surface area contributed by atoms with Crippen molar-refractivity contribution in [3.8, 4) is 0 Å². The van der Waals surface area contributed by atoms with E-state index in [9.17, 15) is 0 Å². The van der Waals surface area contributed by atoms with Gasteiger partial charge in [-0.25, -0.2) is 5.84 Å². The van der Waals surface area contributed by atoms with Crippen LogP contribution >= 0.6 is 0 Å². The first kappa shape index (κ1) is 6.67. The van der Waals surface area contributed by atoms with Gasteiger partial charge in [-0.2, -0.15) is 5.12 Å². The molecule has 0 aromatic rings. The Morgan fingerprint density at radius 1 is 1.60 bits per heavy atom. The van der Waals surface area contributed by atoms with E-state index < -0.39 is 0 Å². The average molecular weight is 139 g/mol. The van der Waals surface area contributed by atoms with Crippen LogP contribution in [-0.4, -0.2) is 17.3 Å². The van der Waals surface area contributed by atoms with Gasteiger partial charge >= 0.3 is 0 Å². The summed E-state index contributed by atoms with van der Waals surface area (Å²) in [6.07, 6.45) is 3.29. The number of nitrogens with zero attached hydrogens (tertiary/aromatic N) is 2. The van der Waals surface area contributed by atoms with E-state index in [1.54, 1.807) is 12.4 Å². The van der Waals surface area contributed by atoms with E-state index in [-0.39, 0.29) is 6.29 Å².